The van der Waals surface area contributed by atoms with Gasteiger partial charge in [-0.1, -0.05) is 43.3 Å². The summed E-state index contributed by atoms with van der Waals surface area (Å²) in [7, 11) is 0. The van der Waals surface area contributed by atoms with E-state index in [2.05, 4.69) is 25.6 Å². The number of carbonyl (C=O) groups is 1. The molecule has 27 heavy (non-hydrogen) atoms. The maximum absolute atomic E-state index is 12.1. The summed E-state index contributed by atoms with van der Waals surface area (Å²) in [6.45, 7) is 9.19. The normalized spacial score (nSPS) is 14.1. The minimum absolute atomic E-state index is 0.255. The van der Waals surface area contributed by atoms with E-state index in [4.69, 9.17) is 21.1 Å². The molecule has 2 aromatic carbocycles. The van der Waals surface area contributed by atoms with Gasteiger partial charge in [0.2, 0.25) is 0 Å². The molecular formula is C22H25ClO3S. The second kappa shape index (κ2) is 9.86. The van der Waals surface area contributed by atoms with E-state index in [0.717, 1.165) is 5.75 Å². The average molecular weight is 405 g/mol. The number of benzene rings is 2. The number of hydrogen-bond donors (Lipinski definition) is 0. The zero-order chi connectivity index (χ0) is 19.9. The number of halogens is 1. The van der Waals surface area contributed by atoms with Crippen LogP contribution in [0.1, 0.15) is 27.2 Å². The molecule has 0 N–H and O–H groups in total. The van der Waals surface area contributed by atoms with E-state index in [1.807, 2.05) is 18.2 Å². The number of carbonyl (C=O) groups excluding carboxylic acids is 1. The van der Waals surface area contributed by atoms with Gasteiger partial charge in [-0.25, -0.2) is 4.79 Å². The largest absolute Gasteiger partial charge is 0.453 e. The van der Waals surface area contributed by atoms with Crippen LogP contribution >= 0.6 is 23.4 Å². The second-order valence-electron chi connectivity index (χ2n) is 6.79. The molecule has 0 saturated heterocycles. The Kier molecular flexibility index (Phi) is 7.81. The Morgan fingerprint density at radius 3 is 2.41 bits per heavy atom. The van der Waals surface area contributed by atoms with Crippen LogP contribution < -0.4 is 4.74 Å². The van der Waals surface area contributed by atoms with Gasteiger partial charge in [-0.05, 0) is 49.2 Å². The van der Waals surface area contributed by atoms with Crippen LogP contribution in [-0.2, 0) is 9.53 Å². The summed E-state index contributed by atoms with van der Waals surface area (Å²) in [6.07, 6.45) is 0.550. The molecule has 0 radical (unpaired) electrons. The van der Waals surface area contributed by atoms with Gasteiger partial charge in [0.25, 0.3) is 5.79 Å². The van der Waals surface area contributed by atoms with E-state index < -0.39 is 11.8 Å². The van der Waals surface area contributed by atoms with E-state index in [1.165, 1.54) is 4.90 Å². The average Bonchev–Trinajstić information content (AvgIpc) is 2.62. The third-order valence-electron chi connectivity index (χ3n) is 3.80. The number of hydrogen-bond acceptors (Lipinski definition) is 4. The molecular weight excluding hydrogens is 380 g/mol. The Bertz CT molecular complexity index is 761. The van der Waals surface area contributed by atoms with E-state index in [1.54, 1.807) is 49.9 Å². The first-order valence-corrected chi connectivity index (χ1v) is 10.1. The topological polar surface area (TPSA) is 35.5 Å². The van der Waals surface area contributed by atoms with Gasteiger partial charge in [0.05, 0.1) is 0 Å². The highest BCUT2D eigenvalue weighted by Gasteiger charge is 2.33. The van der Waals surface area contributed by atoms with E-state index in [9.17, 15) is 4.79 Å². The highest BCUT2D eigenvalue weighted by atomic mass is 35.5. The fourth-order valence-corrected chi connectivity index (χ4v) is 3.66. The Hall–Kier alpha value is -1.91. The van der Waals surface area contributed by atoms with Crippen LogP contribution in [-0.4, -0.2) is 17.5 Å². The van der Waals surface area contributed by atoms with Crippen LogP contribution in [0.4, 0.5) is 0 Å². The Morgan fingerprint density at radius 1 is 1.19 bits per heavy atom. The fraction of sp³-hybridized carbons (Fsp3) is 0.318. The van der Waals surface area contributed by atoms with E-state index in [-0.39, 0.29) is 5.92 Å². The molecule has 0 aliphatic rings. The monoisotopic (exact) mass is 404 g/mol. The van der Waals surface area contributed by atoms with Crippen LogP contribution in [0.2, 0.25) is 5.02 Å². The van der Waals surface area contributed by atoms with Crippen LogP contribution in [0.3, 0.4) is 0 Å². The lowest BCUT2D eigenvalue weighted by Crippen LogP contribution is -2.40. The minimum Gasteiger partial charge on any atom is -0.453 e. The number of rotatable bonds is 9. The molecule has 2 atom stereocenters. The van der Waals surface area contributed by atoms with Crippen molar-refractivity contribution in [3.63, 3.8) is 0 Å². The molecule has 0 amide bonds. The Morgan fingerprint density at radius 2 is 1.81 bits per heavy atom. The third kappa shape index (κ3) is 7.31. The fourth-order valence-electron chi connectivity index (χ4n) is 2.59. The molecule has 144 valence electrons. The van der Waals surface area contributed by atoms with Crippen LogP contribution in [0.15, 0.2) is 71.6 Å². The van der Waals surface area contributed by atoms with Crippen molar-refractivity contribution < 1.29 is 14.3 Å². The number of thioether (sulfide) groups is 1. The number of ether oxygens (including phenoxy) is 2. The second-order valence-corrected chi connectivity index (χ2v) is 8.32. The van der Waals surface area contributed by atoms with Gasteiger partial charge in [0.1, 0.15) is 5.75 Å². The van der Waals surface area contributed by atoms with Crippen molar-refractivity contribution in [1.82, 2.24) is 0 Å². The summed E-state index contributed by atoms with van der Waals surface area (Å²) < 4.78 is 11.7. The minimum atomic E-state index is -1.10. The Balaban J connectivity index is 2.06. The summed E-state index contributed by atoms with van der Waals surface area (Å²) in [5.41, 5.74) is 0.340. The van der Waals surface area contributed by atoms with Gasteiger partial charge >= 0.3 is 5.97 Å². The zero-order valence-electron chi connectivity index (χ0n) is 15.9. The van der Waals surface area contributed by atoms with Crippen molar-refractivity contribution >= 4 is 29.3 Å². The molecule has 2 aromatic rings. The lowest BCUT2D eigenvalue weighted by Gasteiger charge is -2.32. The van der Waals surface area contributed by atoms with Gasteiger partial charge in [-0.3, -0.25) is 0 Å². The van der Waals surface area contributed by atoms with Crippen LogP contribution in [0.5, 0.6) is 5.75 Å². The number of esters is 1. The Labute approximate surface area is 170 Å². The van der Waals surface area contributed by atoms with Crippen molar-refractivity contribution in [2.24, 2.45) is 5.92 Å². The SMILES string of the molecule is C=C(C)C(=O)OC(C)(CC(C)CSc1ccccc1)Oc1ccc(Cl)cc1. The summed E-state index contributed by atoms with van der Waals surface area (Å²) in [6, 6.07) is 17.2. The first kappa shape index (κ1) is 21.4. The molecule has 0 aromatic heterocycles. The maximum atomic E-state index is 12.1. The standard InChI is InChI=1S/C22H25ClO3S/c1-16(2)21(24)26-22(4,25-19-12-10-18(23)11-13-19)14-17(3)15-27-20-8-6-5-7-9-20/h5-13,17H,1,14-15H2,2-4H3. The van der Waals surface area contributed by atoms with Crippen LogP contribution in [0.25, 0.3) is 0 Å². The van der Waals surface area contributed by atoms with E-state index in [0.29, 0.717) is 22.8 Å². The molecule has 5 heteroatoms. The van der Waals surface area contributed by atoms with Gasteiger partial charge in [-0.15, -0.1) is 11.8 Å². The molecule has 0 fully saturated rings. The molecule has 0 heterocycles. The molecule has 0 bridgehead atoms. The summed E-state index contributed by atoms with van der Waals surface area (Å²) in [4.78, 5) is 13.3. The van der Waals surface area contributed by atoms with Crippen molar-refractivity contribution in [3.8, 4) is 5.75 Å². The predicted molar refractivity (Wildman–Crippen MR) is 112 cm³/mol. The summed E-state index contributed by atoms with van der Waals surface area (Å²) >= 11 is 7.71. The molecule has 0 aliphatic heterocycles. The molecule has 3 nitrogen and oxygen atoms in total. The molecule has 2 unspecified atom stereocenters. The van der Waals surface area contributed by atoms with Crippen molar-refractivity contribution in [2.45, 2.75) is 37.9 Å². The summed E-state index contributed by atoms with van der Waals surface area (Å²) in [5, 5.41) is 0.621. The quantitative estimate of drug-likeness (QED) is 0.210. The first-order chi connectivity index (χ1) is 12.8. The summed E-state index contributed by atoms with van der Waals surface area (Å²) in [5.74, 6) is 0.175. The van der Waals surface area contributed by atoms with Crippen molar-refractivity contribution in [3.05, 3.63) is 71.8 Å². The van der Waals surface area contributed by atoms with E-state index >= 15 is 0 Å². The lowest BCUT2D eigenvalue weighted by atomic mass is 10.0. The van der Waals surface area contributed by atoms with Gasteiger partial charge < -0.3 is 9.47 Å². The van der Waals surface area contributed by atoms with Crippen LogP contribution in [0, 0.1) is 5.92 Å². The zero-order valence-corrected chi connectivity index (χ0v) is 17.5. The lowest BCUT2D eigenvalue weighted by molar-refractivity contribution is -0.192. The maximum Gasteiger partial charge on any atom is 0.336 e. The van der Waals surface area contributed by atoms with Gasteiger partial charge in [0, 0.05) is 34.6 Å². The highest BCUT2D eigenvalue weighted by molar-refractivity contribution is 7.99. The third-order valence-corrected chi connectivity index (χ3v) is 5.39. The van der Waals surface area contributed by atoms with Crippen molar-refractivity contribution in [2.75, 3.05) is 5.75 Å². The molecule has 0 spiro atoms. The van der Waals surface area contributed by atoms with Gasteiger partial charge in [-0.2, -0.15) is 0 Å². The molecule has 2 rings (SSSR count). The molecule has 0 saturated carbocycles. The molecule has 0 aliphatic carbocycles. The van der Waals surface area contributed by atoms with Gasteiger partial charge in [0.15, 0.2) is 0 Å². The van der Waals surface area contributed by atoms with Crippen molar-refractivity contribution in [1.29, 1.82) is 0 Å². The predicted octanol–water partition coefficient (Wildman–Crippen LogP) is 6.37. The first-order valence-electron chi connectivity index (χ1n) is 8.79. The highest BCUT2D eigenvalue weighted by Crippen LogP contribution is 2.30. The smallest absolute Gasteiger partial charge is 0.336 e.